The minimum atomic E-state index is 0.757. The number of nitrogens with one attached hydrogen (secondary N) is 1. The van der Waals surface area contributed by atoms with E-state index in [2.05, 4.69) is 41.3 Å². The van der Waals surface area contributed by atoms with Gasteiger partial charge in [-0.3, -0.25) is 4.90 Å². The van der Waals surface area contributed by atoms with Crippen LogP contribution in [0.3, 0.4) is 0 Å². The van der Waals surface area contributed by atoms with Crippen LogP contribution >= 0.6 is 0 Å². The number of anilines is 1. The molecule has 1 N–H and O–H groups in total. The van der Waals surface area contributed by atoms with Crippen molar-refractivity contribution in [2.45, 2.75) is 45.2 Å². The fourth-order valence-electron chi connectivity index (χ4n) is 2.81. The fraction of sp³-hybridized carbons (Fsp3) is 0.667. The Hall–Kier alpha value is -1.09. The maximum absolute atomic E-state index is 4.26. The average molecular weight is 247 g/mol. The number of hydrogen-bond donors (Lipinski definition) is 1. The summed E-state index contributed by atoms with van der Waals surface area (Å²) >= 11 is 0. The van der Waals surface area contributed by atoms with Gasteiger partial charge in [-0.25, -0.2) is 4.98 Å². The lowest BCUT2D eigenvalue weighted by molar-refractivity contribution is 0.164. The van der Waals surface area contributed by atoms with Crippen molar-refractivity contribution in [3.63, 3.8) is 0 Å². The number of rotatable bonds is 4. The Labute approximate surface area is 111 Å². The van der Waals surface area contributed by atoms with Crippen molar-refractivity contribution < 1.29 is 0 Å². The number of aromatic nitrogens is 1. The van der Waals surface area contributed by atoms with Crippen LogP contribution in [0.2, 0.25) is 0 Å². The fourth-order valence-corrected chi connectivity index (χ4v) is 2.81. The highest BCUT2D eigenvalue weighted by Crippen LogP contribution is 2.27. The Morgan fingerprint density at radius 3 is 2.72 bits per heavy atom. The molecule has 1 heterocycles. The smallest absolute Gasteiger partial charge is 0.125 e. The molecule has 1 aliphatic rings. The molecular weight excluding hydrogens is 222 g/mol. The van der Waals surface area contributed by atoms with Crippen molar-refractivity contribution in [1.82, 2.24) is 9.88 Å². The molecule has 100 valence electrons. The lowest BCUT2D eigenvalue weighted by Crippen LogP contribution is -2.34. The Balaban J connectivity index is 1.91. The van der Waals surface area contributed by atoms with Gasteiger partial charge in [-0.15, -0.1) is 0 Å². The summed E-state index contributed by atoms with van der Waals surface area (Å²) in [6.07, 6.45) is 7.35. The van der Waals surface area contributed by atoms with E-state index in [0.29, 0.717) is 0 Å². The third kappa shape index (κ3) is 3.45. The molecule has 1 saturated carbocycles. The van der Waals surface area contributed by atoms with Crippen molar-refractivity contribution in [2.24, 2.45) is 5.92 Å². The Morgan fingerprint density at radius 2 is 2.06 bits per heavy atom. The summed E-state index contributed by atoms with van der Waals surface area (Å²) in [7, 11) is 4.17. The zero-order valence-electron chi connectivity index (χ0n) is 11.8. The van der Waals surface area contributed by atoms with Gasteiger partial charge in [0.25, 0.3) is 0 Å². The minimum Gasteiger partial charge on any atom is -0.373 e. The highest BCUT2D eigenvalue weighted by molar-refractivity contribution is 5.36. The van der Waals surface area contributed by atoms with Crippen LogP contribution in [0.25, 0.3) is 0 Å². The van der Waals surface area contributed by atoms with E-state index in [1.807, 2.05) is 13.2 Å². The van der Waals surface area contributed by atoms with Gasteiger partial charge in [0, 0.05) is 25.8 Å². The summed E-state index contributed by atoms with van der Waals surface area (Å²) < 4.78 is 0. The van der Waals surface area contributed by atoms with Crippen LogP contribution < -0.4 is 5.32 Å². The first-order valence-electron chi connectivity index (χ1n) is 7.02. The SMILES string of the molecule is CNc1cc(CN(C)C2CCC(C)CC2)ccn1. The summed E-state index contributed by atoms with van der Waals surface area (Å²) in [6.45, 7) is 3.40. The molecule has 1 aliphatic carbocycles. The molecule has 0 spiro atoms. The monoisotopic (exact) mass is 247 g/mol. The maximum Gasteiger partial charge on any atom is 0.125 e. The molecule has 1 fully saturated rings. The van der Waals surface area contributed by atoms with Crippen LogP contribution in [0.15, 0.2) is 18.3 Å². The molecule has 3 heteroatoms. The molecule has 3 nitrogen and oxygen atoms in total. The minimum absolute atomic E-state index is 0.757. The van der Waals surface area contributed by atoms with E-state index in [9.17, 15) is 0 Å². The number of hydrogen-bond acceptors (Lipinski definition) is 3. The Morgan fingerprint density at radius 1 is 1.33 bits per heavy atom. The standard InChI is InChI=1S/C15H25N3/c1-12-4-6-14(7-5-12)18(3)11-13-8-9-17-15(10-13)16-2/h8-10,12,14H,4-7,11H2,1-3H3,(H,16,17). The summed E-state index contributed by atoms with van der Waals surface area (Å²) in [5, 5.41) is 3.10. The van der Waals surface area contributed by atoms with E-state index in [1.165, 1.54) is 31.2 Å². The first-order chi connectivity index (χ1) is 8.69. The van der Waals surface area contributed by atoms with E-state index in [-0.39, 0.29) is 0 Å². The maximum atomic E-state index is 4.26. The molecule has 0 bridgehead atoms. The van der Waals surface area contributed by atoms with Gasteiger partial charge >= 0.3 is 0 Å². The van der Waals surface area contributed by atoms with E-state index >= 15 is 0 Å². The highest BCUT2D eigenvalue weighted by atomic mass is 15.1. The molecule has 0 amide bonds. The summed E-state index contributed by atoms with van der Waals surface area (Å²) in [4.78, 5) is 6.76. The lowest BCUT2D eigenvalue weighted by atomic mass is 9.86. The van der Waals surface area contributed by atoms with Gasteiger partial charge in [-0.2, -0.15) is 0 Å². The predicted octanol–water partition coefficient (Wildman–Crippen LogP) is 3.13. The third-order valence-electron chi connectivity index (χ3n) is 4.12. The largest absolute Gasteiger partial charge is 0.373 e. The summed E-state index contributed by atoms with van der Waals surface area (Å²) in [6, 6.07) is 5.01. The van der Waals surface area contributed by atoms with Gasteiger partial charge in [0.2, 0.25) is 0 Å². The summed E-state index contributed by atoms with van der Waals surface area (Å²) in [5.41, 5.74) is 1.34. The van der Waals surface area contributed by atoms with Gasteiger partial charge < -0.3 is 5.32 Å². The van der Waals surface area contributed by atoms with Crippen LogP contribution in [0.4, 0.5) is 5.82 Å². The highest BCUT2D eigenvalue weighted by Gasteiger charge is 2.21. The number of pyridine rings is 1. The molecule has 2 rings (SSSR count). The van der Waals surface area contributed by atoms with Crippen molar-refractivity contribution >= 4 is 5.82 Å². The molecule has 0 aliphatic heterocycles. The second-order valence-corrected chi connectivity index (χ2v) is 5.63. The predicted molar refractivity (Wildman–Crippen MR) is 76.7 cm³/mol. The Kier molecular flexibility index (Phi) is 4.59. The molecule has 0 radical (unpaired) electrons. The topological polar surface area (TPSA) is 28.2 Å². The quantitative estimate of drug-likeness (QED) is 0.886. The first-order valence-corrected chi connectivity index (χ1v) is 7.02. The lowest BCUT2D eigenvalue weighted by Gasteiger charge is -2.33. The average Bonchev–Trinajstić information content (AvgIpc) is 2.39. The third-order valence-corrected chi connectivity index (χ3v) is 4.12. The van der Waals surface area contributed by atoms with Crippen LogP contribution in [0, 0.1) is 5.92 Å². The molecule has 0 atom stereocenters. The normalized spacial score (nSPS) is 24.2. The molecular formula is C15H25N3. The second kappa shape index (κ2) is 6.19. The molecule has 0 aromatic carbocycles. The first kappa shape index (κ1) is 13.3. The van der Waals surface area contributed by atoms with Gasteiger partial charge in [0.15, 0.2) is 0 Å². The zero-order valence-corrected chi connectivity index (χ0v) is 11.8. The molecule has 1 aromatic rings. The molecule has 18 heavy (non-hydrogen) atoms. The van der Waals surface area contributed by atoms with E-state index in [0.717, 1.165) is 24.3 Å². The Bertz CT molecular complexity index is 370. The number of nitrogens with zero attached hydrogens (tertiary/aromatic N) is 2. The van der Waals surface area contributed by atoms with E-state index in [4.69, 9.17) is 0 Å². The van der Waals surface area contributed by atoms with Crippen LogP contribution in [0.5, 0.6) is 0 Å². The molecule has 1 aromatic heterocycles. The molecule has 0 unspecified atom stereocenters. The van der Waals surface area contributed by atoms with E-state index in [1.54, 1.807) is 0 Å². The summed E-state index contributed by atoms with van der Waals surface area (Å²) in [5.74, 6) is 1.88. The van der Waals surface area contributed by atoms with Crippen LogP contribution in [-0.2, 0) is 6.54 Å². The van der Waals surface area contributed by atoms with E-state index < -0.39 is 0 Å². The second-order valence-electron chi connectivity index (χ2n) is 5.63. The van der Waals surface area contributed by atoms with Crippen molar-refractivity contribution in [3.8, 4) is 0 Å². The van der Waals surface area contributed by atoms with Gasteiger partial charge in [-0.1, -0.05) is 6.92 Å². The van der Waals surface area contributed by atoms with Gasteiger partial charge in [0.05, 0.1) is 0 Å². The van der Waals surface area contributed by atoms with Crippen LogP contribution in [-0.4, -0.2) is 30.0 Å². The van der Waals surface area contributed by atoms with Gasteiger partial charge in [0.1, 0.15) is 5.82 Å². The van der Waals surface area contributed by atoms with Crippen molar-refractivity contribution in [2.75, 3.05) is 19.4 Å². The van der Waals surface area contributed by atoms with Gasteiger partial charge in [-0.05, 0) is 56.3 Å². The zero-order chi connectivity index (χ0) is 13.0. The van der Waals surface area contributed by atoms with Crippen molar-refractivity contribution in [1.29, 1.82) is 0 Å². The molecule has 0 saturated heterocycles. The van der Waals surface area contributed by atoms with Crippen molar-refractivity contribution in [3.05, 3.63) is 23.9 Å². The van der Waals surface area contributed by atoms with Crippen LogP contribution in [0.1, 0.15) is 38.2 Å².